The Morgan fingerprint density at radius 1 is 1.50 bits per heavy atom. The highest BCUT2D eigenvalue weighted by Gasteiger charge is 2.35. The Balaban J connectivity index is 2.59. The SMILES string of the molecule is COC(=O)C(CCO)[s+]1c(=O)[nH]c2ccccc21. The number of carbonyl (C=O) groups excluding carboxylic acids is 1. The molecule has 0 saturated carbocycles. The predicted molar refractivity (Wildman–Crippen MR) is 69.8 cm³/mol. The van der Waals surface area contributed by atoms with Crippen LogP contribution < -0.4 is 4.87 Å². The third-order valence-electron chi connectivity index (χ3n) is 2.70. The lowest BCUT2D eigenvalue weighted by Crippen LogP contribution is -2.15. The van der Waals surface area contributed by atoms with E-state index in [1.54, 1.807) is 6.07 Å². The van der Waals surface area contributed by atoms with E-state index < -0.39 is 21.7 Å². The van der Waals surface area contributed by atoms with Crippen molar-refractivity contribution in [2.45, 2.75) is 11.7 Å². The number of nitrogens with one attached hydrogen (secondary N) is 1. The number of aromatic nitrogens is 1. The van der Waals surface area contributed by atoms with E-state index in [1.807, 2.05) is 18.2 Å². The van der Waals surface area contributed by atoms with E-state index in [4.69, 9.17) is 9.84 Å². The first-order valence-electron chi connectivity index (χ1n) is 5.51. The number of hydrogen-bond acceptors (Lipinski definition) is 4. The minimum absolute atomic E-state index is 0.154. The highest BCUT2D eigenvalue weighted by molar-refractivity contribution is 7.37. The molecule has 6 heteroatoms. The summed E-state index contributed by atoms with van der Waals surface area (Å²) in [6.07, 6.45) is 0.220. The molecule has 1 heterocycles. The molecule has 5 nitrogen and oxygen atoms in total. The number of ether oxygens (including phenoxy) is 1. The van der Waals surface area contributed by atoms with Crippen molar-refractivity contribution in [3.8, 4) is 0 Å². The van der Waals surface area contributed by atoms with Crippen molar-refractivity contribution in [1.82, 2.24) is 4.98 Å². The number of esters is 1. The molecule has 0 spiro atoms. The Morgan fingerprint density at radius 3 is 2.89 bits per heavy atom. The Labute approximate surface area is 106 Å². The first kappa shape index (κ1) is 12.8. The second kappa shape index (κ2) is 5.32. The van der Waals surface area contributed by atoms with Crippen molar-refractivity contribution in [2.24, 2.45) is 0 Å². The molecule has 0 radical (unpaired) electrons. The van der Waals surface area contributed by atoms with Crippen LogP contribution in [0.5, 0.6) is 0 Å². The van der Waals surface area contributed by atoms with Crippen LogP contribution in [0.15, 0.2) is 29.1 Å². The van der Waals surface area contributed by atoms with Crippen LogP contribution in [0.2, 0.25) is 0 Å². The number of aliphatic hydroxyl groups excluding tert-OH is 1. The van der Waals surface area contributed by atoms with Crippen molar-refractivity contribution < 1.29 is 14.6 Å². The Morgan fingerprint density at radius 2 is 2.22 bits per heavy atom. The minimum Gasteiger partial charge on any atom is -0.465 e. The van der Waals surface area contributed by atoms with E-state index in [0.29, 0.717) is 0 Å². The minimum atomic E-state index is -0.899. The third kappa shape index (κ3) is 2.16. The molecule has 2 unspecified atom stereocenters. The summed E-state index contributed by atoms with van der Waals surface area (Å²) in [4.78, 5) is 26.3. The lowest BCUT2D eigenvalue weighted by Gasteiger charge is -2.04. The standard InChI is InChI=1S/C12H13NO4S/c1-17-11(15)10(6-7-14)18-9-5-3-2-4-8(9)13-12(18)16/h2-5,10,14H,6-7H2,1H3/p+1. The predicted octanol–water partition coefficient (Wildman–Crippen LogP) is 1.37. The quantitative estimate of drug-likeness (QED) is 0.648. The molecule has 18 heavy (non-hydrogen) atoms. The van der Waals surface area contributed by atoms with Crippen LogP contribution in [0.4, 0.5) is 0 Å². The summed E-state index contributed by atoms with van der Waals surface area (Å²) in [7, 11) is 0.388. The van der Waals surface area contributed by atoms with Crippen LogP contribution in [-0.2, 0) is 9.53 Å². The average molecular weight is 268 g/mol. The molecule has 0 fully saturated rings. The number of aliphatic hydroxyl groups is 1. The second-order valence-corrected chi connectivity index (χ2v) is 5.83. The number of methoxy groups -OCH3 is 1. The van der Waals surface area contributed by atoms with E-state index in [1.165, 1.54) is 7.11 Å². The van der Waals surface area contributed by atoms with Crippen LogP contribution in [0, 0.1) is 0 Å². The molecule has 1 aromatic heterocycles. The van der Waals surface area contributed by atoms with Crippen LogP contribution >= 0.6 is 10.5 Å². The van der Waals surface area contributed by atoms with Gasteiger partial charge >= 0.3 is 10.8 Å². The van der Waals surface area contributed by atoms with Gasteiger partial charge in [-0.2, -0.15) is 0 Å². The summed E-state index contributed by atoms with van der Waals surface area (Å²) < 4.78 is 5.53. The summed E-state index contributed by atoms with van der Waals surface area (Å²) in [5.74, 6) is -0.459. The fourth-order valence-electron chi connectivity index (χ4n) is 1.89. The molecule has 0 aliphatic heterocycles. The maximum absolute atomic E-state index is 12.0. The van der Waals surface area contributed by atoms with Gasteiger partial charge < -0.3 is 9.84 Å². The van der Waals surface area contributed by atoms with Crippen molar-refractivity contribution in [2.75, 3.05) is 13.7 Å². The largest absolute Gasteiger partial charge is 0.465 e. The summed E-state index contributed by atoms with van der Waals surface area (Å²) in [5.41, 5.74) is 0.734. The summed E-state index contributed by atoms with van der Waals surface area (Å²) >= 11 is 0. The second-order valence-electron chi connectivity index (χ2n) is 3.77. The molecule has 0 aliphatic rings. The van der Waals surface area contributed by atoms with Crippen LogP contribution in [-0.4, -0.2) is 29.8 Å². The smallest absolute Gasteiger partial charge is 0.456 e. The highest BCUT2D eigenvalue weighted by Crippen LogP contribution is 2.37. The number of benzene rings is 1. The van der Waals surface area contributed by atoms with E-state index in [2.05, 4.69) is 4.98 Å². The number of para-hydroxylation sites is 1. The Kier molecular flexibility index (Phi) is 3.78. The van der Waals surface area contributed by atoms with Gasteiger partial charge in [0.05, 0.1) is 17.6 Å². The van der Waals surface area contributed by atoms with Crippen molar-refractivity contribution in [3.63, 3.8) is 0 Å². The number of carbonyl (C=O) groups is 1. The number of hydrogen-bond donors (Lipinski definition) is 2. The molecule has 0 aliphatic carbocycles. The van der Waals surface area contributed by atoms with E-state index in [0.717, 1.165) is 10.2 Å². The van der Waals surface area contributed by atoms with E-state index in [-0.39, 0.29) is 17.9 Å². The van der Waals surface area contributed by atoms with Crippen LogP contribution in [0.1, 0.15) is 11.7 Å². The molecule has 2 N–H and O–H groups in total. The van der Waals surface area contributed by atoms with Gasteiger partial charge in [0.15, 0.2) is 0 Å². The maximum atomic E-state index is 12.0. The molecule has 2 rings (SSSR count). The molecule has 2 atom stereocenters. The van der Waals surface area contributed by atoms with Gasteiger partial charge in [0.2, 0.25) is 9.95 Å². The van der Waals surface area contributed by atoms with Crippen molar-refractivity contribution >= 4 is 26.7 Å². The summed E-state index contributed by atoms with van der Waals surface area (Å²) in [5, 5.41) is 8.42. The molecule has 1 aromatic carbocycles. The van der Waals surface area contributed by atoms with Crippen molar-refractivity contribution in [3.05, 3.63) is 33.9 Å². The monoisotopic (exact) mass is 268 g/mol. The van der Waals surface area contributed by atoms with Gasteiger partial charge in [0.1, 0.15) is 5.52 Å². The first-order valence-corrected chi connectivity index (χ1v) is 6.79. The maximum Gasteiger partial charge on any atom is 0.456 e. The van der Waals surface area contributed by atoms with Gasteiger partial charge in [-0.1, -0.05) is 12.1 Å². The number of aromatic amines is 1. The zero-order valence-corrected chi connectivity index (χ0v) is 10.7. The highest BCUT2D eigenvalue weighted by atomic mass is 32.2. The zero-order valence-electron chi connectivity index (χ0n) is 9.88. The Hall–Kier alpha value is -1.66. The molecule has 0 bridgehead atoms. The van der Waals surface area contributed by atoms with Gasteiger partial charge in [-0.15, -0.1) is 0 Å². The van der Waals surface area contributed by atoms with E-state index in [9.17, 15) is 9.59 Å². The topological polar surface area (TPSA) is 79.4 Å². The fourth-order valence-corrected chi connectivity index (χ4v) is 4.09. The lowest BCUT2D eigenvalue weighted by molar-refractivity contribution is -0.141. The first-order chi connectivity index (χ1) is 8.69. The average Bonchev–Trinajstić information content (AvgIpc) is 2.71. The third-order valence-corrected chi connectivity index (χ3v) is 5.03. The molecule has 0 amide bonds. The van der Waals surface area contributed by atoms with Gasteiger partial charge in [-0.05, 0) is 6.07 Å². The zero-order chi connectivity index (χ0) is 13.1. The number of H-pyrrole nitrogens is 1. The fraction of sp³-hybridized carbons (Fsp3) is 0.333. The Bertz CT molecular complexity index is 616. The van der Waals surface area contributed by atoms with Crippen LogP contribution in [0.25, 0.3) is 10.2 Å². The summed E-state index contributed by atoms with van der Waals surface area (Å²) in [6.45, 7) is -0.154. The van der Waals surface area contributed by atoms with Gasteiger partial charge in [0.25, 0.3) is 0 Å². The molecule has 0 saturated heterocycles. The summed E-state index contributed by atoms with van der Waals surface area (Å²) in [6, 6.07) is 7.27. The lowest BCUT2D eigenvalue weighted by atomic mass is 10.3. The van der Waals surface area contributed by atoms with Gasteiger partial charge in [0, 0.05) is 19.1 Å². The number of thiazole rings is 1. The molecule has 2 aromatic rings. The molecular weight excluding hydrogens is 254 g/mol. The normalized spacial score (nSPS) is 13.6. The van der Waals surface area contributed by atoms with Crippen LogP contribution in [0.3, 0.4) is 0 Å². The molecular formula is C12H14NO4S+. The molecule has 96 valence electrons. The van der Waals surface area contributed by atoms with Gasteiger partial charge in [-0.3, -0.25) is 4.98 Å². The van der Waals surface area contributed by atoms with E-state index >= 15 is 0 Å². The number of fused-ring (bicyclic) bond motifs is 1. The number of rotatable bonds is 4. The van der Waals surface area contributed by atoms with Crippen molar-refractivity contribution in [1.29, 1.82) is 0 Å². The van der Waals surface area contributed by atoms with Gasteiger partial charge in [-0.25, -0.2) is 9.59 Å².